The lowest BCUT2D eigenvalue weighted by molar-refractivity contribution is -0.120. The van der Waals surface area contributed by atoms with Crippen molar-refractivity contribution in [3.8, 4) is 0 Å². The number of benzene rings is 1. The summed E-state index contributed by atoms with van der Waals surface area (Å²) >= 11 is 0. The number of halogens is 1. The molecule has 0 N–H and O–H groups in total. The van der Waals surface area contributed by atoms with Gasteiger partial charge in [0.25, 0.3) is 5.56 Å². The molecule has 33 heavy (non-hydrogen) atoms. The van der Waals surface area contributed by atoms with Crippen LogP contribution < -0.4 is 10.5 Å². The van der Waals surface area contributed by atoms with E-state index in [1.54, 1.807) is 48.0 Å². The van der Waals surface area contributed by atoms with Crippen molar-refractivity contribution in [3.63, 3.8) is 0 Å². The maximum absolute atomic E-state index is 13.8. The van der Waals surface area contributed by atoms with Crippen LogP contribution in [0, 0.1) is 11.7 Å². The van der Waals surface area contributed by atoms with Crippen LogP contribution >= 0.6 is 0 Å². The third-order valence-electron chi connectivity index (χ3n) is 5.66. The van der Waals surface area contributed by atoms with E-state index in [9.17, 15) is 18.8 Å². The number of hydrogen-bond donors (Lipinski definition) is 0. The van der Waals surface area contributed by atoms with Crippen molar-refractivity contribution >= 4 is 17.5 Å². The Morgan fingerprint density at radius 1 is 1.18 bits per heavy atom. The number of nitrogens with zero attached hydrogens (tertiary/aromatic N) is 5. The first kappa shape index (κ1) is 22.3. The molecule has 2 aromatic heterocycles. The molecular formula is C24H24FN5O3. The minimum absolute atomic E-state index is 0.0832. The topological polar surface area (TPSA) is 90.1 Å². The third kappa shape index (κ3) is 4.97. The molecule has 0 bridgehead atoms. The van der Waals surface area contributed by atoms with E-state index < -0.39 is 0 Å². The van der Waals surface area contributed by atoms with Gasteiger partial charge in [0.05, 0.1) is 12.5 Å². The predicted molar refractivity (Wildman–Crippen MR) is 120 cm³/mol. The summed E-state index contributed by atoms with van der Waals surface area (Å²) in [6.45, 7) is 0.637. The molecule has 4 rings (SSSR count). The Hall–Kier alpha value is -3.88. The Morgan fingerprint density at radius 3 is 2.82 bits per heavy atom. The number of carbonyl (C=O) groups excluding carboxylic acids is 2. The second kappa shape index (κ2) is 9.72. The van der Waals surface area contributed by atoms with Crippen LogP contribution in [0.4, 0.5) is 10.2 Å². The van der Waals surface area contributed by atoms with Crippen LogP contribution in [0.1, 0.15) is 35.4 Å². The fraction of sp³-hybridized carbons (Fsp3) is 0.292. The molecule has 1 atom stereocenters. The van der Waals surface area contributed by atoms with Crippen LogP contribution in [0.15, 0.2) is 65.7 Å². The molecule has 0 radical (unpaired) electrons. The zero-order chi connectivity index (χ0) is 23.4. The van der Waals surface area contributed by atoms with E-state index in [2.05, 4.69) is 10.1 Å². The Morgan fingerprint density at radius 2 is 2.00 bits per heavy atom. The summed E-state index contributed by atoms with van der Waals surface area (Å²) in [5.74, 6) is -0.367. The zero-order valence-corrected chi connectivity index (χ0v) is 18.2. The van der Waals surface area contributed by atoms with E-state index in [4.69, 9.17) is 0 Å². The standard InChI is InChI=1S/C24H24FN5O3/c1-28-21-11-6-12-22(32)30(21)14-13-17(24(28)33)7-3-5-10-20(31)23-26-16-29(27-23)15-18-8-2-4-9-19(18)25/h2-4,6-9,11-12,16-17H,5,10,13-15H2,1H3/b7-3+/t17-/m0/s1. The van der Waals surface area contributed by atoms with Crippen molar-refractivity contribution in [1.29, 1.82) is 0 Å². The summed E-state index contributed by atoms with van der Waals surface area (Å²) in [5, 5.41) is 4.15. The highest BCUT2D eigenvalue weighted by Crippen LogP contribution is 2.22. The maximum atomic E-state index is 13.8. The molecule has 1 amide bonds. The number of carbonyl (C=O) groups is 2. The van der Waals surface area contributed by atoms with Gasteiger partial charge in [0.1, 0.15) is 18.0 Å². The molecule has 170 valence electrons. The Bertz CT molecular complexity index is 1260. The highest BCUT2D eigenvalue weighted by Gasteiger charge is 2.26. The van der Waals surface area contributed by atoms with E-state index in [0.717, 1.165) is 0 Å². The average Bonchev–Trinajstić information content (AvgIpc) is 3.24. The van der Waals surface area contributed by atoms with Gasteiger partial charge in [0.15, 0.2) is 0 Å². The number of ketones is 1. The van der Waals surface area contributed by atoms with E-state index in [1.807, 2.05) is 6.08 Å². The quantitative estimate of drug-likeness (QED) is 0.409. The zero-order valence-electron chi connectivity index (χ0n) is 18.2. The van der Waals surface area contributed by atoms with Gasteiger partial charge in [0, 0.05) is 31.6 Å². The van der Waals surface area contributed by atoms with Gasteiger partial charge < -0.3 is 4.90 Å². The number of pyridine rings is 1. The summed E-state index contributed by atoms with van der Waals surface area (Å²) in [4.78, 5) is 42.9. The third-order valence-corrected chi connectivity index (χ3v) is 5.66. The molecule has 0 aliphatic carbocycles. The predicted octanol–water partition coefficient (Wildman–Crippen LogP) is 2.83. The van der Waals surface area contributed by atoms with Crippen molar-refractivity contribution in [2.24, 2.45) is 5.92 Å². The van der Waals surface area contributed by atoms with Crippen molar-refractivity contribution in [3.05, 3.63) is 88.5 Å². The lowest BCUT2D eigenvalue weighted by Gasteiger charge is -2.19. The SMILES string of the molecule is CN1C(=O)[C@@H](/C=C/CCC(=O)c2ncn(Cc3ccccc3F)n2)CCn2c1cccc2=O. The lowest BCUT2D eigenvalue weighted by Crippen LogP contribution is -2.32. The minimum Gasteiger partial charge on any atom is -0.301 e. The van der Waals surface area contributed by atoms with Crippen LogP contribution in [-0.4, -0.2) is 38.1 Å². The molecule has 0 saturated carbocycles. The van der Waals surface area contributed by atoms with Crippen LogP contribution in [0.5, 0.6) is 0 Å². The van der Waals surface area contributed by atoms with E-state index >= 15 is 0 Å². The van der Waals surface area contributed by atoms with E-state index in [1.165, 1.54) is 28.0 Å². The smallest absolute Gasteiger partial charge is 0.252 e. The first-order valence-electron chi connectivity index (χ1n) is 10.7. The highest BCUT2D eigenvalue weighted by atomic mass is 19.1. The van der Waals surface area contributed by atoms with Gasteiger partial charge >= 0.3 is 0 Å². The molecule has 1 aliphatic rings. The molecule has 0 spiro atoms. The largest absolute Gasteiger partial charge is 0.301 e. The van der Waals surface area contributed by atoms with Crippen molar-refractivity contribution in [2.45, 2.75) is 32.4 Å². The summed E-state index contributed by atoms with van der Waals surface area (Å²) in [7, 11) is 1.66. The van der Waals surface area contributed by atoms with Gasteiger partial charge in [-0.3, -0.25) is 19.0 Å². The molecule has 0 unspecified atom stereocenters. The van der Waals surface area contributed by atoms with Gasteiger partial charge in [0.2, 0.25) is 17.5 Å². The monoisotopic (exact) mass is 449 g/mol. The molecule has 1 aromatic carbocycles. The summed E-state index contributed by atoms with van der Waals surface area (Å²) in [6, 6.07) is 11.3. The van der Waals surface area contributed by atoms with Crippen molar-refractivity contribution < 1.29 is 14.0 Å². The van der Waals surface area contributed by atoms with Crippen LogP contribution in [-0.2, 0) is 17.9 Å². The summed E-state index contributed by atoms with van der Waals surface area (Å²) in [6.07, 6.45) is 6.15. The van der Waals surface area contributed by atoms with E-state index in [0.29, 0.717) is 30.8 Å². The molecule has 9 heteroatoms. The van der Waals surface area contributed by atoms with Gasteiger partial charge in [-0.1, -0.05) is 36.4 Å². The highest BCUT2D eigenvalue weighted by molar-refractivity contribution is 5.95. The first-order chi connectivity index (χ1) is 15.9. The number of fused-ring (bicyclic) bond motifs is 1. The molecule has 0 saturated heterocycles. The maximum Gasteiger partial charge on any atom is 0.252 e. The Balaban J connectivity index is 1.33. The Kier molecular flexibility index (Phi) is 6.58. The number of hydrogen-bond acceptors (Lipinski definition) is 5. The van der Waals surface area contributed by atoms with Crippen molar-refractivity contribution in [2.75, 3.05) is 11.9 Å². The molecule has 8 nitrogen and oxygen atoms in total. The first-order valence-corrected chi connectivity index (χ1v) is 10.7. The molecular weight excluding hydrogens is 425 g/mol. The van der Waals surface area contributed by atoms with Crippen LogP contribution in [0.25, 0.3) is 0 Å². The summed E-state index contributed by atoms with van der Waals surface area (Å²) in [5.41, 5.74) is 0.330. The second-order valence-electron chi connectivity index (χ2n) is 7.91. The van der Waals surface area contributed by atoms with Gasteiger partial charge in [-0.05, 0) is 25.0 Å². The number of anilines is 1. The van der Waals surface area contributed by atoms with Crippen LogP contribution in [0.3, 0.4) is 0 Å². The molecule has 1 aliphatic heterocycles. The number of allylic oxidation sites excluding steroid dienone is 1. The fourth-order valence-electron chi connectivity index (χ4n) is 3.85. The number of rotatable bonds is 7. The van der Waals surface area contributed by atoms with Gasteiger partial charge in [-0.2, -0.15) is 0 Å². The molecule has 0 fully saturated rings. The summed E-state index contributed by atoms with van der Waals surface area (Å²) < 4.78 is 16.8. The average molecular weight is 449 g/mol. The lowest BCUT2D eigenvalue weighted by atomic mass is 10.0. The molecule has 3 heterocycles. The minimum atomic E-state index is -0.373. The van der Waals surface area contributed by atoms with E-state index in [-0.39, 0.29) is 47.8 Å². The normalized spacial score (nSPS) is 16.1. The molecule has 3 aromatic rings. The fourth-order valence-corrected chi connectivity index (χ4v) is 3.85. The number of amides is 1. The van der Waals surface area contributed by atoms with Gasteiger partial charge in [-0.15, -0.1) is 5.10 Å². The second-order valence-corrected chi connectivity index (χ2v) is 7.91. The Labute approximate surface area is 190 Å². The van der Waals surface area contributed by atoms with Gasteiger partial charge in [-0.25, -0.2) is 14.1 Å². The van der Waals surface area contributed by atoms with Crippen molar-refractivity contribution in [1.82, 2.24) is 19.3 Å². The number of aromatic nitrogens is 4. The number of Topliss-reactive ketones (excluding diaryl/α,β-unsaturated/α-hetero) is 1. The van der Waals surface area contributed by atoms with Crippen LogP contribution in [0.2, 0.25) is 0 Å².